The summed E-state index contributed by atoms with van der Waals surface area (Å²) in [6, 6.07) is 10.8. The highest BCUT2D eigenvalue weighted by Gasteiger charge is 2.31. The van der Waals surface area contributed by atoms with Gasteiger partial charge in [0.1, 0.15) is 17.6 Å². The van der Waals surface area contributed by atoms with Crippen LogP contribution in [0.5, 0.6) is 5.75 Å². The number of sulfonamides is 1. The van der Waals surface area contributed by atoms with Gasteiger partial charge in [0.25, 0.3) is 10.0 Å². The highest BCUT2D eigenvalue weighted by Crippen LogP contribution is 2.23. The molecule has 0 aliphatic carbocycles. The van der Waals surface area contributed by atoms with Crippen molar-refractivity contribution in [3.8, 4) is 5.75 Å². The number of amides is 1. The predicted molar refractivity (Wildman–Crippen MR) is 94.5 cm³/mol. The molecule has 27 heavy (non-hydrogen) atoms. The number of nitrogens with one attached hydrogen (secondary N) is 2. The number of fused-ring (bicyclic) bond motifs is 1. The first-order valence-electron chi connectivity index (χ1n) is 7.82. The van der Waals surface area contributed by atoms with Crippen LogP contribution >= 0.6 is 0 Å². The van der Waals surface area contributed by atoms with Crippen LogP contribution in [-0.2, 0) is 14.8 Å². The lowest BCUT2D eigenvalue weighted by Crippen LogP contribution is -2.28. The molecule has 1 aliphatic heterocycles. The maximum atomic E-state index is 12.3. The second-order valence-electron chi connectivity index (χ2n) is 5.65. The largest absolute Gasteiger partial charge is 0.435 e. The normalized spacial score (nSPS) is 17.3. The average Bonchev–Trinajstić information content (AvgIpc) is 2.87. The zero-order valence-corrected chi connectivity index (χ0v) is 14.8. The first-order valence-corrected chi connectivity index (χ1v) is 9.30. The Kier molecular flexibility index (Phi) is 5.08. The molecule has 10 heteroatoms. The molecule has 0 radical (unpaired) electrons. The van der Waals surface area contributed by atoms with Crippen molar-refractivity contribution in [2.24, 2.45) is 4.99 Å². The maximum absolute atomic E-state index is 12.3. The fourth-order valence-corrected chi connectivity index (χ4v) is 3.69. The first-order chi connectivity index (χ1) is 12.8. The summed E-state index contributed by atoms with van der Waals surface area (Å²) in [5.41, 5.74) is 0.756. The van der Waals surface area contributed by atoms with Gasteiger partial charge in [0.15, 0.2) is 0 Å². The molecule has 0 fully saturated rings. The van der Waals surface area contributed by atoms with E-state index in [1.807, 2.05) is 0 Å². The summed E-state index contributed by atoms with van der Waals surface area (Å²) < 4.78 is 54.9. The van der Waals surface area contributed by atoms with Crippen LogP contribution in [0.1, 0.15) is 12.5 Å². The molecular weight excluding hydrogens is 380 g/mol. The van der Waals surface area contributed by atoms with E-state index in [4.69, 9.17) is 0 Å². The third kappa shape index (κ3) is 4.22. The van der Waals surface area contributed by atoms with Crippen molar-refractivity contribution in [1.82, 2.24) is 4.72 Å². The van der Waals surface area contributed by atoms with E-state index in [2.05, 4.69) is 19.8 Å². The lowest BCUT2D eigenvalue weighted by molar-refractivity contribution is -0.117. The molecular formula is C17H15F2N3O4S. The Morgan fingerprint density at radius 1 is 1.15 bits per heavy atom. The van der Waals surface area contributed by atoms with E-state index in [0.717, 1.165) is 0 Å². The Hall–Kier alpha value is -3.01. The van der Waals surface area contributed by atoms with Gasteiger partial charge in [0.2, 0.25) is 5.91 Å². The zero-order chi connectivity index (χ0) is 19.6. The summed E-state index contributed by atoms with van der Waals surface area (Å²) in [7, 11) is -3.69. The number of hydrogen-bond donors (Lipinski definition) is 2. The number of hydrogen-bond acceptors (Lipinski definition) is 5. The van der Waals surface area contributed by atoms with Crippen molar-refractivity contribution in [1.29, 1.82) is 0 Å². The Balaban J connectivity index is 1.72. The molecule has 0 bridgehead atoms. The number of halogens is 2. The topological polar surface area (TPSA) is 96.9 Å². The zero-order valence-electron chi connectivity index (χ0n) is 14.0. The maximum Gasteiger partial charge on any atom is 0.387 e. The molecule has 1 amide bonds. The number of amidine groups is 1. The SMILES string of the molecule is C[C@H](N=C1NS(=O)(=O)c2ccccc21)C(=O)Nc1ccc(OC(F)F)cc1. The van der Waals surface area contributed by atoms with Crippen LogP contribution in [0.2, 0.25) is 0 Å². The molecule has 2 N–H and O–H groups in total. The van der Waals surface area contributed by atoms with Crippen molar-refractivity contribution in [3.05, 3.63) is 54.1 Å². The molecule has 0 spiro atoms. The molecule has 0 saturated carbocycles. The van der Waals surface area contributed by atoms with Crippen LogP contribution in [0.15, 0.2) is 58.4 Å². The Morgan fingerprint density at radius 3 is 2.48 bits per heavy atom. The molecule has 2 aromatic carbocycles. The number of benzene rings is 2. The van der Waals surface area contributed by atoms with Gasteiger partial charge in [-0.2, -0.15) is 8.78 Å². The summed E-state index contributed by atoms with van der Waals surface area (Å²) in [4.78, 5) is 16.5. The number of aliphatic imine (C=N–C) groups is 1. The molecule has 2 aromatic rings. The van der Waals surface area contributed by atoms with Gasteiger partial charge in [-0.1, -0.05) is 12.1 Å². The number of carbonyl (C=O) groups excluding carboxylic acids is 1. The third-order valence-corrected chi connectivity index (χ3v) is 5.11. The fraction of sp³-hybridized carbons (Fsp3) is 0.176. The molecule has 1 aliphatic rings. The Labute approximate surface area is 154 Å². The predicted octanol–water partition coefficient (Wildman–Crippen LogP) is 2.35. The van der Waals surface area contributed by atoms with E-state index in [9.17, 15) is 22.0 Å². The summed E-state index contributed by atoms with van der Waals surface area (Å²) in [5, 5.41) is 2.57. The van der Waals surface area contributed by atoms with Crippen LogP contribution in [0, 0.1) is 0 Å². The van der Waals surface area contributed by atoms with Gasteiger partial charge in [0, 0.05) is 11.3 Å². The van der Waals surface area contributed by atoms with Gasteiger partial charge in [0.05, 0.1) is 4.90 Å². The molecule has 0 aromatic heterocycles. The number of carbonyl (C=O) groups is 1. The van der Waals surface area contributed by atoms with Crippen molar-refractivity contribution in [2.75, 3.05) is 5.32 Å². The Bertz CT molecular complexity index is 991. The quantitative estimate of drug-likeness (QED) is 0.812. The van der Waals surface area contributed by atoms with Gasteiger partial charge in [-0.25, -0.2) is 8.42 Å². The molecule has 1 atom stereocenters. The lowest BCUT2D eigenvalue weighted by atomic mass is 10.2. The van der Waals surface area contributed by atoms with Crippen LogP contribution < -0.4 is 14.8 Å². The highest BCUT2D eigenvalue weighted by atomic mass is 32.2. The monoisotopic (exact) mass is 395 g/mol. The van der Waals surface area contributed by atoms with Gasteiger partial charge >= 0.3 is 6.61 Å². The van der Waals surface area contributed by atoms with E-state index in [0.29, 0.717) is 11.3 Å². The second kappa shape index (κ2) is 7.31. The summed E-state index contributed by atoms with van der Waals surface area (Å²) in [6.45, 7) is -1.43. The summed E-state index contributed by atoms with van der Waals surface area (Å²) >= 11 is 0. The molecule has 3 rings (SSSR count). The molecule has 0 saturated heterocycles. The van der Waals surface area contributed by atoms with Crippen LogP contribution in [0.3, 0.4) is 0 Å². The molecule has 142 valence electrons. The highest BCUT2D eigenvalue weighted by molar-refractivity contribution is 7.90. The van der Waals surface area contributed by atoms with Gasteiger partial charge in [-0.05, 0) is 43.3 Å². The molecule has 7 nitrogen and oxygen atoms in total. The van der Waals surface area contributed by atoms with E-state index < -0.39 is 28.6 Å². The van der Waals surface area contributed by atoms with Crippen LogP contribution in [-0.4, -0.2) is 32.8 Å². The number of nitrogens with zero attached hydrogens (tertiary/aromatic N) is 1. The number of alkyl halides is 2. The van der Waals surface area contributed by atoms with E-state index in [1.54, 1.807) is 18.2 Å². The van der Waals surface area contributed by atoms with E-state index in [-0.39, 0.29) is 16.5 Å². The van der Waals surface area contributed by atoms with Gasteiger partial charge in [-0.15, -0.1) is 0 Å². The molecule has 1 heterocycles. The van der Waals surface area contributed by atoms with Gasteiger partial charge < -0.3 is 10.1 Å². The minimum absolute atomic E-state index is 0.0340. The van der Waals surface area contributed by atoms with E-state index >= 15 is 0 Å². The van der Waals surface area contributed by atoms with Crippen LogP contribution in [0.25, 0.3) is 0 Å². The van der Waals surface area contributed by atoms with Crippen molar-refractivity contribution >= 4 is 27.5 Å². The van der Waals surface area contributed by atoms with E-state index in [1.165, 1.54) is 37.3 Å². The minimum atomic E-state index is -3.69. The summed E-state index contributed by atoms with van der Waals surface area (Å²) in [5.74, 6) is -0.434. The van der Waals surface area contributed by atoms with Crippen LogP contribution in [0.4, 0.5) is 14.5 Å². The number of ether oxygens (including phenoxy) is 1. The van der Waals surface area contributed by atoms with Crippen molar-refractivity contribution in [2.45, 2.75) is 24.5 Å². The average molecular weight is 395 g/mol. The fourth-order valence-electron chi connectivity index (χ4n) is 2.45. The molecule has 0 unspecified atom stereocenters. The standard InChI is InChI=1S/C17H15F2N3O4S/c1-10(16(23)21-11-6-8-12(9-7-11)26-17(18)19)20-15-13-4-2-3-5-14(13)27(24,25)22-15/h2-10,17H,1H3,(H,20,22)(H,21,23)/t10-/m0/s1. The number of rotatable bonds is 5. The smallest absolute Gasteiger partial charge is 0.387 e. The minimum Gasteiger partial charge on any atom is -0.435 e. The third-order valence-electron chi connectivity index (χ3n) is 3.71. The number of anilines is 1. The Morgan fingerprint density at radius 2 is 1.81 bits per heavy atom. The van der Waals surface area contributed by atoms with Gasteiger partial charge in [-0.3, -0.25) is 14.5 Å². The van der Waals surface area contributed by atoms with Crippen molar-refractivity contribution in [3.63, 3.8) is 0 Å². The summed E-state index contributed by atoms with van der Waals surface area (Å²) in [6.07, 6.45) is 0. The first kappa shape index (κ1) is 18.8. The second-order valence-corrected chi connectivity index (χ2v) is 7.30. The van der Waals surface area contributed by atoms with Crippen molar-refractivity contribution < 1.29 is 26.7 Å². The lowest BCUT2D eigenvalue weighted by Gasteiger charge is -2.10.